The van der Waals surface area contributed by atoms with Gasteiger partial charge in [-0.3, -0.25) is 4.90 Å². The van der Waals surface area contributed by atoms with Crippen molar-refractivity contribution >= 4 is 0 Å². The van der Waals surface area contributed by atoms with Gasteiger partial charge in [0, 0.05) is 39.4 Å². The van der Waals surface area contributed by atoms with Gasteiger partial charge in [0.25, 0.3) is 0 Å². The van der Waals surface area contributed by atoms with E-state index in [2.05, 4.69) is 18.7 Å². The average Bonchev–Trinajstić information content (AvgIpc) is 2.13. The number of hydrogen-bond donors (Lipinski definition) is 1. The summed E-state index contributed by atoms with van der Waals surface area (Å²) in [7, 11) is 1.71. The normalized spacial score (nSPS) is 30.4. The third-order valence-electron chi connectivity index (χ3n) is 2.68. The number of ether oxygens (including phenoxy) is 2. The highest BCUT2D eigenvalue weighted by atomic mass is 16.5. The van der Waals surface area contributed by atoms with Gasteiger partial charge in [0.2, 0.25) is 0 Å². The molecule has 0 bridgehead atoms. The summed E-state index contributed by atoms with van der Waals surface area (Å²) in [6.45, 7) is 7.90. The predicted molar refractivity (Wildman–Crippen MR) is 60.9 cm³/mol. The van der Waals surface area contributed by atoms with Crippen LogP contribution in [-0.2, 0) is 9.47 Å². The molecule has 0 aromatic carbocycles. The van der Waals surface area contributed by atoms with Crippen LogP contribution in [0.3, 0.4) is 0 Å². The van der Waals surface area contributed by atoms with Gasteiger partial charge in [0.05, 0.1) is 12.2 Å². The molecular formula is C11H24N2O2. The van der Waals surface area contributed by atoms with Crippen molar-refractivity contribution in [1.29, 1.82) is 0 Å². The highest BCUT2D eigenvalue weighted by Crippen LogP contribution is 2.10. The van der Waals surface area contributed by atoms with E-state index in [1.165, 1.54) is 0 Å². The predicted octanol–water partition coefficient (Wildman–Crippen LogP) is 0.459. The van der Waals surface area contributed by atoms with Crippen LogP contribution in [0.2, 0.25) is 0 Å². The van der Waals surface area contributed by atoms with E-state index in [0.29, 0.717) is 12.2 Å². The molecule has 0 spiro atoms. The number of hydrogen-bond acceptors (Lipinski definition) is 4. The second-order valence-corrected chi connectivity index (χ2v) is 4.52. The zero-order chi connectivity index (χ0) is 11.3. The van der Waals surface area contributed by atoms with E-state index in [4.69, 9.17) is 15.2 Å². The molecule has 0 aromatic rings. The Morgan fingerprint density at radius 3 is 2.53 bits per heavy atom. The van der Waals surface area contributed by atoms with Gasteiger partial charge in [-0.05, 0) is 20.3 Å². The smallest absolute Gasteiger partial charge is 0.0678 e. The summed E-state index contributed by atoms with van der Waals surface area (Å²) in [6.07, 6.45) is 1.57. The van der Waals surface area contributed by atoms with Crippen molar-refractivity contribution in [2.24, 2.45) is 5.73 Å². The first-order valence-electron chi connectivity index (χ1n) is 5.74. The van der Waals surface area contributed by atoms with Gasteiger partial charge in [-0.15, -0.1) is 0 Å². The maximum atomic E-state index is 6.02. The van der Waals surface area contributed by atoms with Crippen molar-refractivity contribution in [3.63, 3.8) is 0 Å². The number of rotatable bonds is 5. The van der Waals surface area contributed by atoms with Crippen molar-refractivity contribution in [2.45, 2.75) is 38.5 Å². The lowest BCUT2D eigenvalue weighted by molar-refractivity contribution is -0.0694. The van der Waals surface area contributed by atoms with Crippen LogP contribution >= 0.6 is 0 Å². The fraction of sp³-hybridized carbons (Fsp3) is 1.00. The topological polar surface area (TPSA) is 47.7 Å². The van der Waals surface area contributed by atoms with Crippen LogP contribution in [0.1, 0.15) is 20.3 Å². The molecule has 0 aliphatic carbocycles. The van der Waals surface area contributed by atoms with E-state index in [0.717, 1.165) is 32.7 Å². The van der Waals surface area contributed by atoms with Crippen molar-refractivity contribution in [3.05, 3.63) is 0 Å². The second-order valence-electron chi connectivity index (χ2n) is 4.52. The number of morpholine rings is 1. The Bertz CT molecular complexity index is 168. The fourth-order valence-corrected chi connectivity index (χ4v) is 2.13. The Hall–Kier alpha value is -0.160. The molecule has 0 aromatic heterocycles. The van der Waals surface area contributed by atoms with E-state index in [1.54, 1.807) is 7.11 Å². The molecule has 1 aliphatic heterocycles. The van der Waals surface area contributed by atoms with Gasteiger partial charge in [0.15, 0.2) is 0 Å². The molecule has 1 rings (SSSR count). The van der Waals surface area contributed by atoms with Crippen LogP contribution in [-0.4, -0.2) is 56.5 Å². The molecular weight excluding hydrogens is 192 g/mol. The molecule has 0 saturated carbocycles. The Balaban J connectivity index is 2.24. The van der Waals surface area contributed by atoms with Crippen LogP contribution in [0.4, 0.5) is 0 Å². The van der Waals surface area contributed by atoms with E-state index in [9.17, 15) is 0 Å². The SMILES string of the molecule is COCCC(N)CN1C[C@@H](C)O[C@@H](C)C1. The third-order valence-corrected chi connectivity index (χ3v) is 2.68. The van der Waals surface area contributed by atoms with Crippen LogP contribution in [0.25, 0.3) is 0 Å². The van der Waals surface area contributed by atoms with E-state index in [-0.39, 0.29) is 6.04 Å². The van der Waals surface area contributed by atoms with E-state index < -0.39 is 0 Å². The summed E-state index contributed by atoms with van der Waals surface area (Å²) < 4.78 is 10.7. The molecule has 15 heavy (non-hydrogen) atoms. The summed E-state index contributed by atoms with van der Waals surface area (Å²) in [5.74, 6) is 0. The molecule has 1 aliphatic rings. The van der Waals surface area contributed by atoms with Crippen LogP contribution < -0.4 is 5.73 Å². The van der Waals surface area contributed by atoms with Gasteiger partial charge in [-0.2, -0.15) is 0 Å². The summed E-state index contributed by atoms with van der Waals surface area (Å²) in [6, 6.07) is 0.211. The highest BCUT2D eigenvalue weighted by molar-refractivity contribution is 4.76. The van der Waals surface area contributed by atoms with Crippen molar-refractivity contribution in [3.8, 4) is 0 Å². The molecule has 1 saturated heterocycles. The molecule has 1 fully saturated rings. The molecule has 0 amide bonds. The largest absolute Gasteiger partial charge is 0.385 e. The molecule has 3 atom stereocenters. The maximum absolute atomic E-state index is 6.02. The summed E-state index contributed by atoms with van der Waals surface area (Å²) in [4.78, 5) is 2.39. The molecule has 90 valence electrons. The molecule has 4 heteroatoms. The van der Waals surface area contributed by atoms with Crippen LogP contribution in [0.15, 0.2) is 0 Å². The highest BCUT2D eigenvalue weighted by Gasteiger charge is 2.23. The Morgan fingerprint density at radius 1 is 1.40 bits per heavy atom. The number of nitrogens with zero attached hydrogens (tertiary/aromatic N) is 1. The standard InChI is InChI=1S/C11H24N2O2/c1-9-6-13(7-10(2)15-9)8-11(12)4-5-14-3/h9-11H,4-8,12H2,1-3H3/t9-,10+,11?. The number of methoxy groups -OCH3 is 1. The molecule has 0 radical (unpaired) electrons. The number of nitrogens with two attached hydrogens (primary N) is 1. The van der Waals surface area contributed by atoms with E-state index in [1.807, 2.05) is 0 Å². The summed E-state index contributed by atoms with van der Waals surface area (Å²) in [5.41, 5.74) is 6.02. The third kappa shape index (κ3) is 4.93. The maximum Gasteiger partial charge on any atom is 0.0678 e. The van der Waals surface area contributed by atoms with Gasteiger partial charge in [-0.1, -0.05) is 0 Å². The van der Waals surface area contributed by atoms with E-state index >= 15 is 0 Å². The van der Waals surface area contributed by atoms with Crippen LogP contribution in [0, 0.1) is 0 Å². The fourth-order valence-electron chi connectivity index (χ4n) is 2.13. The van der Waals surface area contributed by atoms with Gasteiger partial charge >= 0.3 is 0 Å². The minimum atomic E-state index is 0.211. The van der Waals surface area contributed by atoms with Gasteiger partial charge < -0.3 is 15.2 Å². The lowest BCUT2D eigenvalue weighted by Crippen LogP contribution is -2.49. The quantitative estimate of drug-likeness (QED) is 0.725. The minimum absolute atomic E-state index is 0.211. The minimum Gasteiger partial charge on any atom is -0.385 e. The first kappa shape index (κ1) is 12.9. The summed E-state index contributed by atoms with van der Waals surface area (Å²) in [5, 5.41) is 0. The molecule has 1 heterocycles. The van der Waals surface area contributed by atoms with Crippen molar-refractivity contribution in [1.82, 2.24) is 4.90 Å². The zero-order valence-electron chi connectivity index (χ0n) is 10.1. The zero-order valence-corrected chi connectivity index (χ0v) is 10.1. The van der Waals surface area contributed by atoms with Gasteiger partial charge in [-0.25, -0.2) is 0 Å². The van der Waals surface area contributed by atoms with Crippen LogP contribution in [0.5, 0.6) is 0 Å². The van der Waals surface area contributed by atoms with Gasteiger partial charge in [0.1, 0.15) is 0 Å². The Morgan fingerprint density at radius 2 is 2.00 bits per heavy atom. The van der Waals surface area contributed by atoms with Crippen molar-refractivity contribution in [2.75, 3.05) is 33.4 Å². The molecule has 4 nitrogen and oxygen atoms in total. The second kappa shape index (κ2) is 6.43. The average molecular weight is 216 g/mol. The first-order chi connectivity index (χ1) is 7.11. The summed E-state index contributed by atoms with van der Waals surface area (Å²) >= 11 is 0. The first-order valence-corrected chi connectivity index (χ1v) is 5.74. The Kier molecular flexibility index (Phi) is 5.53. The molecule has 1 unspecified atom stereocenters. The van der Waals surface area contributed by atoms with Crippen molar-refractivity contribution < 1.29 is 9.47 Å². The lowest BCUT2D eigenvalue weighted by Gasteiger charge is -2.36. The molecule has 2 N–H and O–H groups in total. The lowest BCUT2D eigenvalue weighted by atomic mass is 10.1. The Labute approximate surface area is 92.7 Å². The monoisotopic (exact) mass is 216 g/mol.